The normalized spacial score (nSPS) is 15.7. The second kappa shape index (κ2) is 5.64. The molecule has 0 radical (unpaired) electrons. The molecule has 0 aromatic carbocycles. The topological polar surface area (TPSA) is 70.5 Å². The van der Waals surface area contributed by atoms with E-state index in [1.165, 1.54) is 0 Å². The van der Waals surface area contributed by atoms with Gasteiger partial charge in [-0.2, -0.15) is 0 Å². The van der Waals surface area contributed by atoms with Crippen molar-refractivity contribution in [1.82, 2.24) is 9.88 Å². The van der Waals surface area contributed by atoms with E-state index in [1.807, 2.05) is 20.8 Å². The molecule has 0 saturated carbocycles. The molecule has 2 rings (SSSR count). The molecule has 114 valence electrons. The maximum absolute atomic E-state index is 12.4. The Morgan fingerprint density at radius 1 is 1.38 bits per heavy atom. The van der Waals surface area contributed by atoms with Crippen molar-refractivity contribution in [2.45, 2.75) is 32.6 Å². The summed E-state index contributed by atoms with van der Waals surface area (Å²) in [5.41, 5.74) is 1.08. The number of hydrogen-bond acceptors (Lipinski definition) is 3. The second-order valence-electron chi connectivity index (χ2n) is 6.49. The fourth-order valence-electron chi connectivity index (χ4n) is 2.30. The maximum Gasteiger partial charge on any atom is 0.303 e. The zero-order chi connectivity index (χ0) is 15.8. The van der Waals surface area contributed by atoms with E-state index in [0.717, 1.165) is 5.69 Å². The van der Waals surface area contributed by atoms with Gasteiger partial charge in [-0.25, -0.2) is 4.98 Å². The SMILES string of the molecule is CC(C)(C)c1cc(C(=O)N2CC(CC(=O)O)C2)cc(Cl)n1. The van der Waals surface area contributed by atoms with Crippen LogP contribution in [0.2, 0.25) is 5.15 Å². The lowest BCUT2D eigenvalue weighted by Gasteiger charge is -2.38. The van der Waals surface area contributed by atoms with Gasteiger partial charge in [-0.05, 0) is 12.1 Å². The molecule has 1 aliphatic rings. The van der Waals surface area contributed by atoms with Gasteiger partial charge in [-0.1, -0.05) is 32.4 Å². The average Bonchev–Trinajstić information content (AvgIpc) is 2.30. The number of pyridine rings is 1. The fraction of sp³-hybridized carbons (Fsp3) is 0.533. The number of rotatable bonds is 3. The van der Waals surface area contributed by atoms with Gasteiger partial charge in [0.15, 0.2) is 0 Å². The summed E-state index contributed by atoms with van der Waals surface area (Å²) >= 11 is 6.00. The average molecular weight is 311 g/mol. The summed E-state index contributed by atoms with van der Waals surface area (Å²) in [6.07, 6.45) is 0.105. The molecule has 1 aliphatic heterocycles. The molecule has 2 heterocycles. The van der Waals surface area contributed by atoms with Crippen molar-refractivity contribution in [3.8, 4) is 0 Å². The zero-order valence-electron chi connectivity index (χ0n) is 12.4. The van der Waals surface area contributed by atoms with E-state index in [0.29, 0.717) is 23.8 Å². The van der Waals surface area contributed by atoms with Crippen molar-refractivity contribution in [3.63, 3.8) is 0 Å². The van der Waals surface area contributed by atoms with E-state index < -0.39 is 5.97 Å². The number of likely N-dealkylation sites (tertiary alicyclic amines) is 1. The van der Waals surface area contributed by atoms with Crippen LogP contribution in [0.1, 0.15) is 43.2 Å². The van der Waals surface area contributed by atoms with Crippen molar-refractivity contribution < 1.29 is 14.7 Å². The molecule has 5 nitrogen and oxygen atoms in total. The van der Waals surface area contributed by atoms with Crippen LogP contribution in [0.3, 0.4) is 0 Å². The lowest BCUT2D eigenvalue weighted by Crippen LogP contribution is -2.50. The highest BCUT2D eigenvalue weighted by molar-refractivity contribution is 6.29. The summed E-state index contributed by atoms with van der Waals surface area (Å²) in [7, 11) is 0. The van der Waals surface area contributed by atoms with Crippen molar-refractivity contribution in [2.75, 3.05) is 13.1 Å². The van der Waals surface area contributed by atoms with E-state index in [4.69, 9.17) is 16.7 Å². The van der Waals surface area contributed by atoms with Gasteiger partial charge in [0.1, 0.15) is 5.15 Å². The fourth-order valence-corrected chi connectivity index (χ4v) is 2.51. The van der Waals surface area contributed by atoms with Gasteiger partial charge in [0, 0.05) is 35.7 Å². The van der Waals surface area contributed by atoms with Crippen LogP contribution in [0, 0.1) is 5.92 Å². The van der Waals surface area contributed by atoms with E-state index in [9.17, 15) is 9.59 Å². The lowest BCUT2D eigenvalue weighted by molar-refractivity contribution is -0.139. The van der Waals surface area contributed by atoms with Crippen LogP contribution in [-0.2, 0) is 10.2 Å². The van der Waals surface area contributed by atoms with Crippen LogP contribution in [0.15, 0.2) is 12.1 Å². The van der Waals surface area contributed by atoms with Gasteiger partial charge >= 0.3 is 5.97 Å². The highest BCUT2D eigenvalue weighted by Gasteiger charge is 2.33. The summed E-state index contributed by atoms with van der Waals surface area (Å²) in [6, 6.07) is 3.32. The van der Waals surface area contributed by atoms with Crippen LogP contribution in [0.4, 0.5) is 0 Å². The molecule has 1 aromatic heterocycles. The number of carbonyl (C=O) groups is 2. The van der Waals surface area contributed by atoms with E-state index in [-0.39, 0.29) is 23.7 Å². The van der Waals surface area contributed by atoms with Crippen molar-refractivity contribution in [3.05, 3.63) is 28.5 Å². The Kier molecular flexibility index (Phi) is 4.23. The molecule has 0 spiro atoms. The number of aliphatic carboxylic acids is 1. The molecular weight excluding hydrogens is 292 g/mol. The van der Waals surface area contributed by atoms with Gasteiger partial charge < -0.3 is 10.0 Å². The minimum Gasteiger partial charge on any atom is -0.481 e. The molecule has 6 heteroatoms. The number of hydrogen-bond donors (Lipinski definition) is 1. The number of nitrogens with zero attached hydrogens (tertiary/aromatic N) is 2. The standard InChI is InChI=1S/C15H19ClN2O3/c1-15(2,3)11-5-10(6-12(16)17-11)14(21)18-7-9(8-18)4-13(19)20/h5-6,9H,4,7-8H2,1-3H3,(H,19,20). The van der Waals surface area contributed by atoms with Crippen LogP contribution in [-0.4, -0.2) is 40.0 Å². The zero-order valence-corrected chi connectivity index (χ0v) is 13.1. The largest absolute Gasteiger partial charge is 0.481 e. The second-order valence-corrected chi connectivity index (χ2v) is 6.88. The Morgan fingerprint density at radius 2 is 2.00 bits per heavy atom. The third-order valence-corrected chi connectivity index (χ3v) is 3.71. The Labute approximate surface area is 128 Å². The van der Waals surface area contributed by atoms with Crippen LogP contribution >= 0.6 is 11.6 Å². The lowest BCUT2D eigenvalue weighted by atomic mass is 9.90. The van der Waals surface area contributed by atoms with Crippen LogP contribution in [0.5, 0.6) is 0 Å². The minimum absolute atomic E-state index is 0.0471. The number of aromatic nitrogens is 1. The Balaban J connectivity index is 2.11. The molecule has 1 N–H and O–H groups in total. The third-order valence-electron chi connectivity index (χ3n) is 3.52. The van der Waals surface area contributed by atoms with Crippen molar-refractivity contribution >= 4 is 23.5 Å². The molecule has 0 unspecified atom stereocenters. The summed E-state index contributed by atoms with van der Waals surface area (Å²) in [4.78, 5) is 28.9. The van der Waals surface area contributed by atoms with Crippen molar-refractivity contribution in [2.24, 2.45) is 5.92 Å². The van der Waals surface area contributed by atoms with Gasteiger partial charge in [0.05, 0.1) is 6.42 Å². The summed E-state index contributed by atoms with van der Waals surface area (Å²) in [6.45, 7) is 6.98. The number of carboxylic acid groups (broad SMARTS) is 1. The van der Waals surface area contributed by atoms with E-state index in [1.54, 1.807) is 17.0 Å². The first-order valence-corrected chi connectivity index (χ1v) is 7.24. The summed E-state index contributed by atoms with van der Waals surface area (Å²) in [5, 5.41) is 9.02. The first-order chi connectivity index (χ1) is 9.66. The highest BCUT2D eigenvalue weighted by atomic mass is 35.5. The molecule has 1 amide bonds. The van der Waals surface area contributed by atoms with Gasteiger partial charge in [0.25, 0.3) is 5.91 Å². The first kappa shape index (κ1) is 15.8. The Hall–Kier alpha value is -1.62. The van der Waals surface area contributed by atoms with Crippen LogP contribution in [0.25, 0.3) is 0 Å². The quantitative estimate of drug-likeness (QED) is 0.871. The number of amides is 1. The van der Waals surface area contributed by atoms with E-state index >= 15 is 0 Å². The molecule has 1 fully saturated rings. The summed E-state index contributed by atoms with van der Waals surface area (Å²) in [5.74, 6) is -0.897. The van der Waals surface area contributed by atoms with Gasteiger partial charge in [-0.3, -0.25) is 9.59 Å². The summed E-state index contributed by atoms with van der Waals surface area (Å²) < 4.78 is 0. The number of halogens is 1. The number of carbonyl (C=O) groups excluding carboxylic acids is 1. The Morgan fingerprint density at radius 3 is 2.52 bits per heavy atom. The minimum atomic E-state index is -0.825. The maximum atomic E-state index is 12.4. The van der Waals surface area contributed by atoms with Crippen molar-refractivity contribution in [1.29, 1.82) is 0 Å². The first-order valence-electron chi connectivity index (χ1n) is 6.86. The molecule has 1 aromatic rings. The highest BCUT2D eigenvalue weighted by Crippen LogP contribution is 2.26. The van der Waals surface area contributed by atoms with Crippen LogP contribution < -0.4 is 0 Å². The smallest absolute Gasteiger partial charge is 0.303 e. The van der Waals surface area contributed by atoms with Gasteiger partial charge in [-0.15, -0.1) is 0 Å². The monoisotopic (exact) mass is 310 g/mol. The van der Waals surface area contributed by atoms with Gasteiger partial charge in [0.2, 0.25) is 0 Å². The number of carboxylic acids is 1. The third kappa shape index (κ3) is 3.73. The molecule has 21 heavy (non-hydrogen) atoms. The van der Waals surface area contributed by atoms with E-state index in [2.05, 4.69) is 4.98 Å². The predicted octanol–water partition coefficient (Wildman–Crippen LogP) is 2.58. The molecule has 1 saturated heterocycles. The molecular formula is C15H19ClN2O3. The predicted molar refractivity (Wildman–Crippen MR) is 79.6 cm³/mol. The molecule has 0 atom stereocenters. The molecule has 0 aliphatic carbocycles. The Bertz CT molecular complexity index is 575. The molecule has 0 bridgehead atoms.